The maximum absolute atomic E-state index is 13.2. The van der Waals surface area contributed by atoms with Crippen molar-refractivity contribution in [3.8, 4) is 11.4 Å². The molecule has 3 aromatic rings. The van der Waals surface area contributed by atoms with E-state index in [9.17, 15) is 8.42 Å². The van der Waals surface area contributed by atoms with E-state index in [1.165, 1.54) is 4.31 Å². The van der Waals surface area contributed by atoms with Crippen LogP contribution in [0.3, 0.4) is 0 Å². The lowest BCUT2D eigenvalue weighted by Crippen LogP contribution is -2.40. The van der Waals surface area contributed by atoms with E-state index in [0.717, 1.165) is 5.56 Å². The van der Waals surface area contributed by atoms with E-state index in [4.69, 9.17) is 0 Å². The van der Waals surface area contributed by atoms with Crippen molar-refractivity contribution in [1.29, 1.82) is 0 Å². The molecule has 144 valence electrons. The van der Waals surface area contributed by atoms with Gasteiger partial charge >= 0.3 is 0 Å². The zero-order chi connectivity index (χ0) is 19.3. The fourth-order valence-electron chi connectivity index (χ4n) is 3.46. The molecule has 11 heteroatoms. The molecule has 3 aromatic heterocycles. The van der Waals surface area contributed by atoms with Gasteiger partial charge in [0.25, 0.3) is 0 Å². The van der Waals surface area contributed by atoms with Crippen molar-refractivity contribution in [3.05, 3.63) is 30.1 Å². The van der Waals surface area contributed by atoms with Crippen molar-refractivity contribution in [2.24, 2.45) is 7.05 Å². The summed E-state index contributed by atoms with van der Waals surface area (Å²) in [6.07, 6.45) is 5.20. The number of aromatic nitrogens is 7. The van der Waals surface area contributed by atoms with Gasteiger partial charge in [-0.05, 0) is 20.8 Å². The molecule has 0 radical (unpaired) electrons. The Bertz CT molecular complexity index is 1090. The van der Waals surface area contributed by atoms with E-state index in [1.54, 1.807) is 28.7 Å². The van der Waals surface area contributed by atoms with E-state index in [0.29, 0.717) is 30.4 Å². The van der Waals surface area contributed by atoms with Gasteiger partial charge in [0.15, 0.2) is 5.82 Å². The summed E-state index contributed by atoms with van der Waals surface area (Å²) < 4.78 is 33.1. The van der Waals surface area contributed by atoms with Gasteiger partial charge in [-0.15, -0.1) is 10.2 Å². The molecule has 0 aromatic carbocycles. The monoisotopic (exact) mass is 390 g/mol. The van der Waals surface area contributed by atoms with Crippen molar-refractivity contribution >= 4 is 10.0 Å². The molecular weight excluding hydrogens is 368 g/mol. The lowest BCUT2D eigenvalue weighted by atomic mass is 10.2. The van der Waals surface area contributed by atoms with Crippen molar-refractivity contribution in [2.75, 3.05) is 6.54 Å². The zero-order valence-electron chi connectivity index (χ0n) is 15.7. The Morgan fingerprint density at radius 3 is 2.67 bits per heavy atom. The second kappa shape index (κ2) is 6.27. The molecule has 1 aliphatic heterocycles. The SMILES string of the molecule is CCn1cc(S(=O)(=O)N2Cc3nnc(-c4cnn(C)c4)n3[C@@H](C)C2)c(C)n1. The first-order chi connectivity index (χ1) is 12.8. The molecule has 0 amide bonds. The number of hydrogen-bond acceptors (Lipinski definition) is 6. The molecule has 4 heterocycles. The predicted octanol–water partition coefficient (Wildman–Crippen LogP) is 0.969. The van der Waals surface area contributed by atoms with Crippen LogP contribution in [0.2, 0.25) is 0 Å². The molecule has 0 fully saturated rings. The molecular formula is C16H22N8O2S. The van der Waals surface area contributed by atoms with Crippen LogP contribution >= 0.6 is 0 Å². The number of aryl methyl sites for hydroxylation is 3. The highest BCUT2D eigenvalue weighted by molar-refractivity contribution is 7.89. The summed E-state index contributed by atoms with van der Waals surface area (Å²) in [5.74, 6) is 1.33. The Labute approximate surface area is 157 Å². The van der Waals surface area contributed by atoms with Crippen molar-refractivity contribution in [1.82, 2.24) is 38.6 Å². The quantitative estimate of drug-likeness (QED) is 0.657. The van der Waals surface area contributed by atoms with E-state index in [1.807, 2.05) is 31.7 Å². The van der Waals surface area contributed by atoms with Crippen molar-refractivity contribution in [2.45, 2.75) is 44.8 Å². The van der Waals surface area contributed by atoms with Gasteiger partial charge in [-0.3, -0.25) is 9.36 Å². The smallest absolute Gasteiger partial charge is 0.246 e. The number of fused-ring (bicyclic) bond motifs is 1. The van der Waals surface area contributed by atoms with Gasteiger partial charge in [-0.25, -0.2) is 8.42 Å². The Hall–Kier alpha value is -2.53. The lowest BCUT2D eigenvalue weighted by molar-refractivity contribution is 0.293. The molecule has 10 nitrogen and oxygen atoms in total. The molecule has 0 N–H and O–H groups in total. The van der Waals surface area contributed by atoms with E-state index < -0.39 is 10.0 Å². The van der Waals surface area contributed by atoms with Crippen LogP contribution in [0.25, 0.3) is 11.4 Å². The summed E-state index contributed by atoms with van der Waals surface area (Å²) in [6, 6.07) is -0.102. The first-order valence-electron chi connectivity index (χ1n) is 8.78. The third-order valence-corrected chi connectivity index (χ3v) is 6.71. The Balaban J connectivity index is 1.70. The summed E-state index contributed by atoms with van der Waals surface area (Å²) in [6.45, 7) is 6.75. The highest BCUT2D eigenvalue weighted by atomic mass is 32.2. The van der Waals surface area contributed by atoms with Gasteiger partial charge in [-0.1, -0.05) is 0 Å². The Morgan fingerprint density at radius 2 is 2.04 bits per heavy atom. The van der Waals surface area contributed by atoms with Gasteiger partial charge in [0.1, 0.15) is 10.7 Å². The number of sulfonamides is 1. The fraction of sp³-hybridized carbons (Fsp3) is 0.500. The first kappa shape index (κ1) is 17.9. The second-order valence-electron chi connectivity index (χ2n) is 6.79. The fourth-order valence-corrected chi connectivity index (χ4v) is 5.11. The molecule has 0 aliphatic carbocycles. The Morgan fingerprint density at radius 1 is 1.26 bits per heavy atom. The summed E-state index contributed by atoms with van der Waals surface area (Å²) >= 11 is 0. The number of hydrogen-bond donors (Lipinski definition) is 0. The lowest BCUT2D eigenvalue weighted by Gasteiger charge is -2.31. The van der Waals surface area contributed by atoms with Crippen LogP contribution in [-0.4, -0.2) is 53.6 Å². The highest BCUT2D eigenvalue weighted by Gasteiger charge is 2.36. The summed E-state index contributed by atoms with van der Waals surface area (Å²) in [5.41, 5.74) is 1.37. The van der Waals surface area contributed by atoms with Gasteiger partial charge in [0.05, 0.1) is 24.0 Å². The summed E-state index contributed by atoms with van der Waals surface area (Å²) in [7, 11) is -1.82. The molecule has 27 heavy (non-hydrogen) atoms. The number of nitrogens with zero attached hydrogens (tertiary/aromatic N) is 8. The third-order valence-electron chi connectivity index (χ3n) is 4.80. The van der Waals surface area contributed by atoms with Gasteiger partial charge < -0.3 is 4.57 Å². The predicted molar refractivity (Wildman–Crippen MR) is 97.2 cm³/mol. The maximum Gasteiger partial charge on any atom is 0.246 e. The van der Waals surface area contributed by atoms with Crippen LogP contribution in [0, 0.1) is 6.92 Å². The molecule has 1 aliphatic rings. The maximum atomic E-state index is 13.2. The molecule has 4 rings (SSSR count). The van der Waals surface area contributed by atoms with Crippen LogP contribution in [0.15, 0.2) is 23.5 Å². The van der Waals surface area contributed by atoms with Crippen LogP contribution in [0.5, 0.6) is 0 Å². The normalized spacial score (nSPS) is 18.0. The van der Waals surface area contributed by atoms with E-state index >= 15 is 0 Å². The summed E-state index contributed by atoms with van der Waals surface area (Å²) in [5, 5.41) is 17.0. The largest absolute Gasteiger partial charge is 0.306 e. The molecule has 0 bridgehead atoms. The van der Waals surface area contributed by atoms with Gasteiger partial charge in [-0.2, -0.15) is 14.5 Å². The minimum atomic E-state index is -3.66. The van der Waals surface area contributed by atoms with Crippen LogP contribution < -0.4 is 0 Å². The van der Waals surface area contributed by atoms with Gasteiger partial charge in [0.2, 0.25) is 10.0 Å². The average Bonchev–Trinajstić information content (AvgIpc) is 3.32. The minimum Gasteiger partial charge on any atom is -0.306 e. The van der Waals surface area contributed by atoms with Gasteiger partial charge in [0, 0.05) is 38.6 Å². The van der Waals surface area contributed by atoms with Crippen LogP contribution in [0.4, 0.5) is 0 Å². The van der Waals surface area contributed by atoms with E-state index in [2.05, 4.69) is 20.4 Å². The first-order valence-corrected chi connectivity index (χ1v) is 10.2. The minimum absolute atomic E-state index is 0.102. The number of rotatable bonds is 4. The topological polar surface area (TPSA) is 104 Å². The molecule has 1 atom stereocenters. The third kappa shape index (κ3) is 2.86. The highest BCUT2D eigenvalue weighted by Crippen LogP contribution is 2.30. The molecule has 0 saturated heterocycles. The molecule has 0 spiro atoms. The van der Waals surface area contributed by atoms with Crippen LogP contribution in [0.1, 0.15) is 31.4 Å². The molecule has 0 unspecified atom stereocenters. The summed E-state index contributed by atoms with van der Waals surface area (Å²) in [4.78, 5) is 0.247. The van der Waals surface area contributed by atoms with Crippen LogP contribution in [-0.2, 0) is 30.2 Å². The van der Waals surface area contributed by atoms with Crippen molar-refractivity contribution < 1.29 is 8.42 Å². The average molecular weight is 390 g/mol. The van der Waals surface area contributed by atoms with Crippen molar-refractivity contribution in [3.63, 3.8) is 0 Å². The standard InChI is InChI=1S/C16H22N8O2S/c1-5-22-9-14(12(3)20-22)27(25,26)23-7-11(2)24-15(10-23)18-19-16(24)13-6-17-21(4)8-13/h6,8-9,11H,5,7,10H2,1-4H3/t11-/m0/s1. The zero-order valence-corrected chi connectivity index (χ0v) is 16.5. The second-order valence-corrected chi connectivity index (χ2v) is 8.70. The molecule has 0 saturated carbocycles. The Kier molecular flexibility index (Phi) is 4.15. The van der Waals surface area contributed by atoms with E-state index in [-0.39, 0.29) is 17.5 Å².